The topological polar surface area (TPSA) is 53.8 Å². The number of hydrogen-bond acceptors (Lipinski definition) is 2. The third-order valence-corrected chi connectivity index (χ3v) is 2.78. The molecule has 15 heavy (non-hydrogen) atoms. The first-order valence-electron chi connectivity index (χ1n) is 4.72. The zero-order valence-electron chi connectivity index (χ0n) is 9.94. The highest BCUT2D eigenvalue weighted by Gasteiger charge is 2.18. The van der Waals surface area contributed by atoms with E-state index in [2.05, 4.69) is 14.7 Å². The van der Waals surface area contributed by atoms with Crippen molar-refractivity contribution in [3.63, 3.8) is 0 Å². The number of nitrogens with zero attached hydrogens (tertiary/aromatic N) is 2. The second-order valence-corrected chi connectivity index (χ2v) is 5.78. The molecule has 5 heteroatoms. The summed E-state index contributed by atoms with van der Waals surface area (Å²) in [6.45, 7) is 7.53. The summed E-state index contributed by atoms with van der Waals surface area (Å²) in [7, 11) is 0.410. The monoisotopic (exact) mass is 229 g/mol. The Kier molecular flexibility index (Phi) is 6.08. The van der Waals surface area contributed by atoms with Crippen molar-refractivity contribution in [2.24, 2.45) is 9.39 Å². The number of amidine groups is 1. The minimum Gasteiger partial charge on any atom is -0.346 e. The molecule has 0 aromatic heterocycles. The molecule has 0 aromatic rings. The summed E-state index contributed by atoms with van der Waals surface area (Å²) in [4.78, 5) is 3.95. The lowest BCUT2D eigenvalue weighted by molar-refractivity contribution is 0.651. The summed E-state index contributed by atoms with van der Waals surface area (Å²) in [6.07, 6.45) is 5.08. The molecule has 0 spiro atoms. The van der Waals surface area contributed by atoms with Gasteiger partial charge in [0.05, 0.1) is 11.0 Å². The van der Waals surface area contributed by atoms with E-state index < -0.39 is 11.0 Å². The minimum absolute atomic E-state index is 0.337. The van der Waals surface area contributed by atoms with Crippen LogP contribution in [0.5, 0.6) is 0 Å². The highest BCUT2D eigenvalue weighted by molar-refractivity contribution is 7.85. The first kappa shape index (κ1) is 14.0. The van der Waals surface area contributed by atoms with Gasteiger partial charge in [-0.3, -0.25) is 4.99 Å². The maximum Gasteiger partial charge on any atom is 0.144 e. The molecular weight excluding hydrogens is 210 g/mol. The molecule has 1 unspecified atom stereocenters. The Balaban J connectivity index is 4.44. The number of allylic oxidation sites excluding steroid dienone is 1. The van der Waals surface area contributed by atoms with Crippen molar-refractivity contribution in [2.45, 2.75) is 32.4 Å². The van der Waals surface area contributed by atoms with Gasteiger partial charge in [0.2, 0.25) is 0 Å². The van der Waals surface area contributed by atoms with Crippen LogP contribution >= 0.6 is 0 Å². The lowest BCUT2D eigenvalue weighted by Gasteiger charge is -2.12. The van der Waals surface area contributed by atoms with E-state index in [1.807, 2.05) is 33.8 Å². The van der Waals surface area contributed by atoms with E-state index in [0.29, 0.717) is 5.84 Å². The van der Waals surface area contributed by atoms with Crippen molar-refractivity contribution < 1.29 is 4.21 Å². The zero-order valence-corrected chi connectivity index (χ0v) is 10.8. The van der Waals surface area contributed by atoms with Crippen LogP contribution in [-0.4, -0.2) is 28.1 Å². The van der Waals surface area contributed by atoms with Crippen LogP contribution in [0.2, 0.25) is 0 Å². The van der Waals surface area contributed by atoms with Gasteiger partial charge in [-0.2, -0.15) is 4.40 Å². The second kappa shape index (κ2) is 6.50. The van der Waals surface area contributed by atoms with Crippen molar-refractivity contribution in [3.05, 3.63) is 12.3 Å². The molecule has 0 saturated carbocycles. The SMILES string of the molecule is C/C=C\NC(C=NS(=O)C(C)(C)C)=NC. The quantitative estimate of drug-likeness (QED) is 0.591. The molecule has 0 rings (SSSR count). The molecular formula is C10H19N3OS. The van der Waals surface area contributed by atoms with Crippen LogP contribution in [0.25, 0.3) is 0 Å². The largest absolute Gasteiger partial charge is 0.346 e. The van der Waals surface area contributed by atoms with E-state index in [4.69, 9.17) is 0 Å². The van der Waals surface area contributed by atoms with Gasteiger partial charge >= 0.3 is 0 Å². The molecule has 0 bridgehead atoms. The minimum atomic E-state index is -1.24. The van der Waals surface area contributed by atoms with Crippen LogP contribution in [0.15, 0.2) is 21.7 Å². The Morgan fingerprint density at radius 2 is 2.00 bits per heavy atom. The molecule has 0 saturated heterocycles. The van der Waals surface area contributed by atoms with Crippen LogP contribution in [0.3, 0.4) is 0 Å². The fraction of sp³-hybridized carbons (Fsp3) is 0.600. The van der Waals surface area contributed by atoms with Gasteiger partial charge < -0.3 is 5.32 Å². The molecule has 0 radical (unpaired) electrons. The summed E-state index contributed by atoms with van der Waals surface area (Å²) in [5, 5.41) is 2.91. The molecule has 0 aliphatic carbocycles. The predicted octanol–water partition coefficient (Wildman–Crippen LogP) is 1.67. The fourth-order valence-electron chi connectivity index (χ4n) is 0.584. The van der Waals surface area contributed by atoms with E-state index in [1.165, 1.54) is 6.21 Å². The lowest BCUT2D eigenvalue weighted by Crippen LogP contribution is -2.23. The van der Waals surface area contributed by atoms with Gasteiger partial charge in [0.15, 0.2) is 0 Å². The molecule has 1 atom stereocenters. The summed E-state index contributed by atoms with van der Waals surface area (Å²) >= 11 is 0. The summed E-state index contributed by atoms with van der Waals surface area (Å²) in [6, 6.07) is 0. The molecule has 0 aliphatic rings. The molecule has 0 heterocycles. The zero-order chi connectivity index (χ0) is 11.9. The van der Waals surface area contributed by atoms with Gasteiger partial charge in [-0.05, 0) is 33.9 Å². The van der Waals surface area contributed by atoms with E-state index >= 15 is 0 Å². The van der Waals surface area contributed by atoms with Crippen molar-refractivity contribution in [1.29, 1.82) is 0 Å². The second-order valence-electron chi connectivity index (χ2n) is 3.85. The average Bonchev–Trinajstić information content (AvgIpc) is 2.16. The number of hydrogen-bond donors (Lipinski definition) is 1. The highest BCUT2D eigenvalue weighted by Crippen LogP contribution is 2.11. The van der Waals surface area contributed by atoms with Gasteiger partial charge in [0.1, 0.15) is 16.8 Å². The Morgan fingerprint density at radius 1 is 1.40 bits per heavy atom. The van der Waals surface area contributed by atoms with Crippen LogP contribution in [0.1, 0.15) is 27.7 Å². The van der Waals surface area contributed by atoms with E-state index in [0.717, 1.165) is 0 Å². The smallest absolute Gasteiger partial charge is 0.144 e. The van der Waals surface area contributed by atoms with Crippen molar-refractivity contribution >= 4 is 23.0 Å². The van der Waals surface area contributed by atoms with Gasteiger partial charge in [0.25, 0.3) is 0 Å². The molecule has 1 N–H and O–H groups in total. The van der Waals surface area contributed by atoms with Crippen molar-refractivity contribution in [2.75, 3.05) is 7.05 Å². The van der Waals surface area contributed by atoms with E-state index in [-0.39, 0.29) is 4.75 Å². The molecule has 0 amide bonds. The first-order valence-corrected chi connectivity index (χ1v) is 5.83. The fourth-order valence-corrected chi connectivity index (χ4v) is 1.10. The van der Waals surface area contributed by atoms with E-state index in [1.54, 1.807) is 13.2 Å². The van der Waals surface area contributed by atoms with Crippen LogP contribution in [-0.2, 0) is 11.0 Å². The van der Waals surface area contributed by atoms with Gasteiger partial charge in [0, 0.05) is 7.05 Å². The van der Waals surface area contributed by atoms with Crippen LogP contribution in [0.4, 0.5) is 0 Å². The first-order chi connectivity index (χ1) is 6.91. The van der Waals surface area contributed by atoms with Gasteiger partial charge in [-0.25, -0.2) is 4.21 Å². The van der Waals surface area contributed by atoms with Crippen LogP contribution in [0, 0.1) is 0 Å². The normalized spacial score (nSPS) is 16.2. The Hall–Kier alpha value is -0.970. The standard InChI is InChI=1S/C10H19N3OS/c1-6-7-12-9(11-5)8-13-15(14)10(2,3)4/h6-8H,1-5H3,(H,11,12)/b7-6-,13-8?. The molecule has 86 valence electrons. The van der Waals surface area contributed by atoms with Gasteiger partial charge in [-0.15, -0.1) is 0 Å². The number of nitrogens with one attached hydrogen (secondary N) is 1. The van der Waals surface area contributed by atoms with Crippen molar-refractivity contribution in [1.82, 2.24) is 5.32 Å². The summed E-state index contributed by atoms with van der Waals surface area (Å²) in [5.74, 6) is 0.589. The maximum atomic E-state index is 11.6. The highest BCUT2D eigenvalue weighted by atomic mass is 32.2. The Labute approximate surface area is 94.2 Å². The van der Waals surface area contributed by atoms with Gasteiger partial charge in [-0.1, -0.05) is 6.08 Å². The van der Waals surface area contributed by atoms with E-state index in [9.17, 15) is 4.21 Å². The van der Waals surface area contributed by atoms with Crippen LogP contribution < -0.4 is 5.32 Å². The number of aliphatic imine (C=N–C) groups is 1. The third kappa shape index (κ3) is 6.17. The molecule has 0 aromatic carbocycles. The van der Waals surface area contributed by atoms with Crippen molar-refractivity contribution in [3.8, 4) is 0 Å². The molecule has 0 fully saturated rings. The summed E-state index contributed by atoms with van der Waals surface area (Å²) in [5.41, 5.74) is 0. The third-order valence-electron chi connectivity index (χ3n) is 1.43. The average molecular weight is 229 g/mol. The maximum absolute atomic E-state index is 11.6. The summed E-state index contributed by atoms with van der Waals surface area (Å²) < 4.78 is 15.2. The predicted molar refractivity (Wildman–Crippen MR) is 67.7 cm³/mol. The number of rotatable bonds is 3. The Bertz CT molecular complexity index is 300. The molecule has 0 aliphatic heterocycles. The lowest BCUT2D eigenvalue weighted by atomic mass is 10.3. The Morgan fingerprint density at radius 3 is 2.40 bits per heavy atom. The molecule has 4 nitrogen and oxygen atoms in total.